The van der Waals surface area contributed by atoms with Crippen LogP contribution in [0, 0.1) is 0 Å². The van der Waals surface area contributed by atoms with Crippen molar-refractivity contribution in [1.82, 2.24) is 5.32 Å². The minimum absolute atomic E-state index is 0.0205. The van der Waals surface area contributed by atoms with Crippen molar-refractivity contribution in [2.24, 2.45) is 0 Å². The van der Waals surface area contributed by atoms with Gasteiger partial charge in [-0.1, -0.05) is 18.2 Å². The standard InChI is InChI=1S/C20H23NO4/c1-20(2)12-17(16-10-9-15(23-3)11-18(16)25-20)21-19(22)13-24-14-7-5-4-6-8-14/h4-11,17H,12-13H2,1-3H3,(H,21,22)/t17-/m1/s1. The van der Waals surface area contributed by atoms with E-state index in [0.29, 0.717) is 12.2 Å². The lowest BCUT2D eigenvalue weighted by Crippen LogP contribution is -2.42. The fourth-order valence-corrected chi connectivity index (χ4v) is 2.99. The summed E-state index contributed by atoms with van der Waals surface area (Å²) in [5.41, 5.74) is 0.575. The molecule has 5 heteroatoms. The molecule has 0 saturated heterocycles. The van der Waals surface area contributed by atoms with Gasteiger partial charge < -0.3 is 19.5 Å². The third kappa shape index (κ3) is 4.24. The second kappa shape index (κ2) is 7.05. The van der Waals surface area contributed by atoms with Crippen molar-refractivity contribution >= 4 is 5.91 Å². The van der Waals surface area contributed by atoms with Gasteiger partial charge in [0.05, 0.1) is 13.2 Å². The smallest absolute Gasteiger partial charge is 0.258 e. The van der Waals surface area contributed by atoms with Gasteiger partial charge in [0.2, 0.25) is 0 Å². The Morgan fingerprint density at radius 2 is 1.96 bits per heavy atom. The monoisotopic (exact) mass is 341 g/mol. The molecule has 1 aliphatic heterocycles. The molecular weight excluding hydrogens is 318 g/mol. The van der Waals surface area contributed by atoms with Crippen LogP contribution in [-0.2, 0) is 4.79 Å². The van der Waals surface area contributed by atoms with Crippen LogP contribution in [0.2, 0.25) is 0 Å². The number of hydrogen-bond donors (Lipinski definition) is 1. The Bertz CT molecular complexity index is 743. The minimum atomic E-state index is -0.377. The predicted octanol–water partition coefficient (Wildman–Crippen LogP) is 3.49. The number of rotatable bonds is 5. The van der Waals surface area contributed by atoms with Crippen LogP contribution >= 0.6 is 0 Å². The van der Waals surface area contributed by atoms with Gasteiger partial charge in [-0.3, -0.25) is 4.79 Å². The Hall–Kier alpha value is -2.69. The summed E-state index contributed by atoms with van der Waals surface area (Å²) in [5, 5.41) is 3.05. The van der Waals surface area contributed by atoms with Gasteiger partial charge in [-0.25, -0.2) is 0 Å². The maximum absolute atomic E-state index is 12.3. The number of para-hydroxylation sites is 1. The number of methoxy groups -OCH3 is 1. The van der Waals surface area contributed by atoms with Crippen molar-refractivity contribution in [2.75, 3.05) is 13.7 Å². The molecule has 5 nitrogen and oxygen atoms in total. The molecule has 0 fully saturated rings. The number of carbonyl (C=O) groups is 1. The zero-order chi connectivity index (χ0) is 17.9. The second-order valence-electron chi connectivity index (χ2n) is 6.69. The van der Waals surface area contributed by atoms with E-state index < -0.39 is 0 Å². The van der Waals surface area contributed by atoms with E-state index in [1.54, 1.807) is 7.11 Å². The lowest BCUT2D eigenvalue weighted by molar-refractivity contribution is -0.124. The normalized spacial score (nSPS) is 17.8. The number of benzene rings is 2. The molecular formula is C20H23NO4. The van der Waals surface area contributed by atoms with E-state index in [4.69, 9.17) is 14.2 Å². The van der Waals surface area contributed by atoms with Crippen LogP contribution in [0.15, 0.2) is 48.5 Å². The number of hydrogen-bond acceptors (Lipinski definition) is 4. The molecule has 1 atom stereocenters. The minimum Gasteiger partial charge on any atom is -0.497 e. The van der Waals surface area contributed by atoms with Gasteiger partial charge in [0.25, 0.3) is 5.91 Å². The summed E-state index contributed by atoms with van der Waals surface area (Å²) in [6.45, 7) is 4.00. The van der Waals surface area contributed by atoms with Gasteiger partial charge in [0.15, 0.2) is 6.61 Å². The zero-order valence-corrected chi connectivity index (χ0v) is 14.7. The maximum atomic E-state index is 12.3. The van der Waals surface area contributed by atoms with Crippen molar-refractivity contribution in [3.8, 4) is 17.2 Å². The number of nitrogens with one attached hydrogen (secondary N) is 1. The highest BCUT2D eigenvalue weighted by Gasteiger charge is 2.34. The molecule has 1 amide bonds. The molecule has 0 bridgehead atoms. The van der Waals surface area contributed by atoms with Gasteiger partial charge in [0.1, 0.15) is 22.8 Å². The van der Waals surface area contributed by atoms with E-state index >= 15 is 0 Å². The fourth-order valence-electron chi connectivity index (χ4n) is 2.99. The second-order valence-corrected chi connectivity index (χ2v) is 6.69. The van der Waals surface area contributed by atoms with E-state index in [2.05, 4.69) is 5.32 Å². The number of carbonyl (C=O) groups excluding carboxylic acids is 1. The lowest BCUT2D eigenvalue weighted by Gasteiger charge is -2.38. The van der Waals surface area contributed by atoms with Crippen LogP contribution < -0.4 is 19.5 Å². The van der Waals surface area contributed by atoms with E-state index in [1.165, 1.54) is 0 Å². The summed E-state index contributed by atoms with van der Waals surface area (Å²) in [6.07, 6.45) is 0.684. The van der Waals surface area contributed by atoms with E-state index in [1.807, 2.05) is 62.4 Å². The molecule has 25 heavy (non-hydrogen) atoms. The first kappa shape index (κ1) is 17.1. The van der Waals surface area contributed by atoms with Gasteiger partial charge in [-0.15, -0.1) is 0 Å². The van der Waals surface area contributed by atoms with Crippen LogP contribution in [-0.4, -0.2) is 25.2 Å². The first-order valence-corrected chi connectivity index (χ1v) is 8.31. The number of fused-ring (bicyclic) bond motifs is 1. The van der Waals surface area contributed by atoms with E-state index in [0.717, 1.165) is 17.1 Å². The first-order valence-electron chi connectivity index (χ1n) is 8.31. The third-order valence-corrected chi connectivity index (χ3v) is 4.13. The van der Waals surface area contributed by atoms with Crippen molar-refractivity contribution in [3.63, 3.8) is 0 Å². The largest absolute Gasteiger partial charge is 0.497 e. The van der Waals surface area contributed by atoms with Crippen molar-refractivity contribution in [3.05, 3.63) is 54.1 Å². The predicted molar refractivity (Wildman–Crippen MR) is 95.1 cm³/mol. The van der Waals surface area contributed by atoms with Crippen LogP contribution in [0.5, 0.6) is 17.2 Å². The molecule has 0 saturated carbocycles. The number of ether oxygens (including phenoxy) is 3. The molecule has 2 aromatic carbocycles. The Labute approximate surface area is 147 Å². The van der Waals surface area contributed by atoms with Crippen molar-refractivity contribution < 1.29 is 19.0 Å². The van der Waals surface area contributed by atoms with Crippen molar-refractivity contribution in [1.29, 1.82) is 0 Å². The molecule has 132 valence electrons. The Morgan fingerprint density at radius 3 is 2.68 bits per heavy atom. The molecule has 0 aliphatic carbocycles. The highest BCUT2D eigenvalue weighted by atomic mass is 16.5. The van der Waals surface area contributed by atoms with Crippen LogP contribution in [0.4, 0.5) is 0 Å². The van der Waals surface area contributed by atoms with Gasteiger partial charge in [-0.05, 0) is 38.1 Å². The van der Waals surface area contributed by atoms with Gasteiger partial charge >= 0.3 is 0 Å². The summed E-state index contributed by atoms with van der Waals surface area (Å²) in [6, 6.07) is 14.8. The van der Waals surface area contributed by atoms with E-state index in [9.17, 15) is 4.79 Å². The third-order valence-electron chi connectivity index (χ3n) is 4.13. The Balaban J connectivity index is 1.70. The topological polar surface area (TPSA) is 56.8 Å². The molecule has 2 aromatic rings. The van der Waals surface area contributed by atoms with Gasteiger partial charge in [0, 0.05) is 18.1 Å². The van der Waals surface area contributed by atoms with Crippen molar-refractivity contribution in [2.45, 2.75) is 31.9 Å². The Kier molecular flexibility index (Phi) is 4.83. The van der Waals surface area contributed by atoms with Crippen LogP contribution in [0.3, 0.4) is 0 Å². The summed E-state index contributed by atoms with van der Waals surface area (Å²) in [7, 11) is 1.62. The average Bonchev–Trinajstić information content (AvgIpc) is 2.59. The highest BCUT2D eigenvalue weighted by molar-refractivity contribution is 5.78. The molecule has 0 aromatic heterocycles. The molecule has 1 heterocycles. The summed E-state index contributed by atoms with van der Waals surface area (Å²) in [4.78, 5) is 12.3. The fraction of sp³-hybridized carbons (Fsp3) is 0.350. The van der Waals surface area contributed by atoms with E-state index in [-0.39, 0.29) is 24.2 Å². The summed E-state index contributed by atoms with van der Waals surface area (Å²) >= 11 is 0. The van der Waals surface area contributed by atoms with Crippen LogP contribution in [0.1, 0.15) is 31.9 Å². The molecule has 0 spiro atoms. The zero-order valence-electron chi connectivity index (χ0n) is 14.7. The molecule has 3 rings (SSSR count). The van der Waals surface area contributed by atoms with Crippen LogP contribution in [0.25, 0.3) is 0 Å². The summed E-state index contributed by atoms with van der Waals surface area (Å²) < 4.78 is 16.8. The molecule has 0 radical (unpaired) electrons. The molecule has 1 N–H and O–H groups in total. The Morgan fingerprint density at radius 1 is 1.20 bits per heavy atom. The molecule has 0 unspecified atom stereocenters. The van der Waals surface area contributed by atoms with Gasteiger partial charge in [-0.2, -0.15) is 0 Å². The number of amides is 1. The lowest BCUT2D eigenvalue weighted by atomic mass is 9.89. The SMILES string of the molecule is COc1ccc2c(c1)OC(C)(C)C[C@H]2NC(=O)COc1ccccc1. The quantitative estimate of drug-likeness (QED) is 0.904. The summed E-state index contributed by atoms with van der Waals surface area (Å²) in [5.74, 6) is 1.99. The first-order chi connectivity index (χ1) is 12.0. The highest BCUT2D eigenvalue weighted by Crippen LogP contribution is 2.41. The maximum Gasteiger partial charge on any atom is 0.258 e. The average molecular weight is 341 g/mol. The molecule has 1 aliphatic rings.